The zero-order chi connectivity index (χ0) is 14.7. The highest BCUT2D eigenvalue weighted by Crippen LogP contribution is 2.31. The molecule has 1 aliphatic carbocycles. The highest BCUT2D eigenvalue weighted by Gasteiger charge is 2.37. The van der Waals surface area contributed by atoms with E-state index in [1.165, 1.54) is 0 Å². The maximum Gasteiger partial charge on any atom is 0.240 e. The highest BCUT2D eigenvalue weighted by atomic mass is 35.5. The van der Waals surface area contributed by atoms with E-state index < -0.39 is 6.04 Å². The van der Waals surface area contributed by atoms with Crippen LogP contribution in [0, 0.1) is 23.2 Å². The summed E-state index contributed by atoms with van der Waals surface area (Å²) in [6, 6.07) is 1.28. The molecule has 1 heterocycles. The number of likely N-dealkylation sites (tertiary alicyclic amines) is 1. The molecule has 0 unspecified atom stereocenters. The molecule has 2 fully saturated rings. The summed E-state index contributed by atoms with van der Waals surface area (Å²) in [4.78, 5) is 25.1. The monoisotopic (exact) mass is 314 g/mol. The second kappa shape index (κ2) is 7.62. The van der Waals surface area contributed by atoms with Gasteiger partial charge in [-0.25, -0.2) is 0 Å². The average Bonchev–Trinajstić information content (AvgIpc) is 2.94. The molecule has 1 saturated carbocycles. The molecule has 2 rings (SSSR count). The lowest BCUT2D eigenvalue weighted by atomic mass is 9.78. The van der Waals surface area contributed by atoms with Crippen molar-refractivity contribution in [1.82, 2.24) is 4.90 Å². The predicted octanol–water partition coefficient (Wildman–Crippen LogP) is 0.542. The van der Waals surface area contributed by atoms with Crippen LogP contribution in [0.15, 0.2) is 0 Å². The van der Waals surface area contributed by atoms with E-state index in [2.05, 4.69) is 6.07 Å². The van der Waals surface area contributed by atoms with E-state index in [1.54, 1.807) is 4.90 Å². The van der Waals surface area contributed by atoms with Gasteiger partial charge in [-0.2, -0.15) is 5.26 Å². The molecule has 0 aromatic carbocycles. The summed E-state index contributed by atoms with van der Waals surface area (Å²) in [5.74, 6) is -0.353. The number of carbonyl (C=O) groups excluding carboxylic acids is 2. The van der Waals surface area contributed by atoms with Crippen LogP contribution in [-0.2, 0) is 9.59 Å². The predicted molar refractivity (Wildman–Crippen MR) is 80.2 cm³/mol. The summed E-state index contributed by atoms with van der Waals surface area (Å²) in [5, 5.41) is 9.04. The first-order chi connectivity index (χ1) is 9.54. The van der Waals surface area contributed by atoms with E-state index >= 15 is 0 Å². The highest BCUT2D eigenvalue weighted by molar-refractivity contribution is 5.85. The second-order valence-corrected chi connectivity index (χ2v) is 5.86. The number of primary amides is 1. The molecule has 7 heteroatoms. The Morgan fingerprint density at radius 2 is 1.81 bits per heavy atom. The van der Waals surface area contributed by atoms with Crippen molar-refractivity contribution in [3.05, 3.63) is 0 Å². The minimum absolute atomic E-state index is 0. The van der Waals surface area contributed by atoms with Crippen molar-refractivity contribution in [2.75, 3.05) is 6.54 Å². The molecule has 118 valence electrons. The summed E-state index contributed by atoms with van der Waals surface area (Å²) >= 11 is 0. The molecule has 1 aliphatic heterocycles. The van der Waals surface area contributed by atoms with E-state index in [1.807, 2.05) is 0 Å². The molecule has 21 heavy (non-hydrogen) atoms. The van der Waals surface area contributed by atoms with Crippen LogP contribution in [0.1, 0.15) is 38.5 Å². The normalized spacial score (nSPS) is 30.1. The van der Waals surface area contributed by atoms with Crippen molar-refractivity contribution in [3.8, 4) is 6.07 Å². The molecule has 2 aliphatic rings. The fourth-order valence-electron chi connectivity index (χ4n) is 3.32. The van der Waals surface area contributed by atoms with Gasteiger partial charge in [-0.15, -0.1) is 12.4 Å². The van der Waals surface area contributed by atoms with E-state index in [9.17, 15) is 9.59 Å². The van der Waals surface area contributed by atoms with Gasteiger partial charge in [-0.3, -0.25) is 9.59 Å². The van der Waals surface area contributed by atoms with Gasteiger partial charge in [0.05, 0.1) is 12.1 Å². The van der Waals surface area contributed by atoms with Crippen LogP contribution in [0.2, 0.25) is 0 Å². The van der Waals surface area contributed by atoms with E-state index in [0.717, 1.165) is 25.7 Å². The van der Waals surface area contributed by atoms with Crippen LogP contribution in [-0.4, -0.2) is 35.3 Å². The van der Waals surface area contributed by atoms with E-state index in [-0.39, 0.29) is 42.1 Å². The number of carbonyl (C=O) groups is 2. The third-order valence-corrected chi connectivity index (χ3v) is 4.65. The number of nitriles is 1. The fraction of sp³-hybridized carbons (Fsp3) is 0.786. The molecule has 4 N–H and O–H groups in total. The van der Waals surface area contributed by atoms with Gasteiger partial charge in [-0.05, 0) is 44.4 Å². The number of nitrogens with two attached hydrogens (primary N) is 2. The minimum Gasteiger partial charge on any atom is -0.369 e. The Balaban J connectivity index is 0.00000220. The van der Waals surface area contributed by atoms with Crippen LogP contribution in [0.5, 0.6) is 0 Å². The van der Waals surface area contributed by atoms with Crippen molar-refractivity contribution < 1.29 is 9.59 Å². The van der Waals surface area contributed by atoms with Gasteiger partial charge in [-0.1, -0.05) is 0 Å². The SMILES string of the molecule is Cl.N#C[C@@H]1CCCN1C(=O)[C@@H](N)[C@H]1CC[C@H](C(N)=O)CC1. The molecular formula is C14H23ClN4O2. The molecule has 0 aromatic rings. The van der Waals surface area contributed by atoms with Crippen molar-refractivity contribution >= 4 is 24.2 Å². The number of halogens is 1. The molecule has 0 spiro atoms. The quantitative estimate of drug-likeness (QED) is 0.791. The van der Waals surface area contributed by atoms with Crippen molar-refractivity contribution in [3.63, 3.8) is 0 Å². The van der Waals surface area contributed by atoms with Crippen LogP contribution in [0.3, 0.4) is 0 Å². The lowest BCUT2D eigenvalue weighted by Crippen LogP contribution is -2.50. The first-order valence-corrected chi connectivity index (χ1v) is 7.29. The van der Waals surface area contributed by atoms with Gasteiger partial charge < -0.3 is 16.4 Å². The van der Waals surface area contributed by atoms with Crippen molar-refractivity contribution in [2.24, 2.45) is 23.3 Å². The Morgan fingerprint density at radius 1 is 1.19 bits per heavy atom. The second-order valence-electron chi connectivity index (χ2n) is 5.86. The molecule has 0 aromatic heterocycles. The summed E-state index contributed by atoms with van der Waals surface area (Å²) in [5.41, 5.74) is 11.4. The maximum atomic E-state index is 12.4. The average molecular weight is 315 g/mol. The first kappa shape index (κ1) is 17.7. The Labute approximate surface area is 131 Å². The number of hydrogen-bond donors (Lipinski definition) is 2. The Hall–Kier alpha value is -1.32. The third-order valence-electron chi connectivity index (χ3n) is 4.65. The Morgan fingerprint density at radius 3 is 2.33 bits per heavy atom. The molecular weight excluding hydrogens is 292 g/mol. The van der Waals surface area contributed by atoms with Crippen LogP contribution >= 0.6 is 12.4 Å². The minimum atomic E-state index is -0.558. The van der Waals surface area contributed by atoms with Gasteiger partial charge in [0, 0.05) is 12.5 Å². The number of nitrogens with zero attached hydrogens (tertiary/aromatic N) is 2. The first-order valence-electron chi connectivity index (χ1n) is 7.29. The summed E-state index contributed by atoms with van der Waals surface area (Å²) in [6.07, 6.45) is 4.54. The topological polar surface area (TPSA) is 113 Å². The number of hydrogen-bond acceptors (Lipinski definition) is 4. The zero-order valence-electron chi connectivity index (χ0n) is 12.0. The molecule has 1 saturated heterocycles. The van der Waals surface area contributed by atoms with Crippen molar-refractivity contribution in [1.29, 1.82) is 5.26 Å². The summed E-state index contributed by atoms with van der Waals surface area (Å²) < 4.78 is 0. The fourth-order valence-corrected chi connectivity index (χ4v) is 3.32. The summed E-state index contributed by atoms with van der Waals surface area (Å²) in [6.45, 7) is 0.626. The summed E-state index contributed by atoms with van der Waals surface area (Å²) in [7, 11) is 0. The third kappa shape index (κ3) is 3.86. The van der Waals surface area contributed by atoms with Gasteiger partial charge in [0.1, 0.15) is 6.04 Å². The van der Waals surface area contributed by atoms with Crippen molar-refractivity contribution in [2.45, 2.75) is 50.6 Å². The lowest BCUT2D eigenvalue weighted by molar-refractivity contribution is -0.134. The van der Waals surface area contributed by atoms with E-state index in [0.29, 0.717) is 19.4 Å². The standard InChI is InChI=1S/C14H22N4O2.ClH/c15-8-11-2-1-7-18(11)14(20)12(16)9-3-5-10(6-4-9)13(17)19;/h9-12H,1-7,16H2,(H2,17,19);1H/t9-,10-,11-,12-;/m0./s1. The van der Waals surface area contributed by atoms with Crippen LogP contribution in [0.4, 0.5) is 0 Å². The Bertz CT molecular complexity index is 429. The smallest absolute Gasteiger partial charge is 0.240 e. The number of rotatable bonds is 3. The van der Waals surface area contributed by atoms with Gasteiger partial charge >= 0.3 is 0 Å². The lowest BCUT2D eigenvalue weighted by Gasteiger charge is -2.32. The van der Waals surface area contributed by atoms with Crippen LogP contribution in [0.25, 0.3) is 0 Å². The van der Waals surface area contributed by atoms with Gasteiger partial charge in [0.2, 0.25) is 11.8 Å². The molecule has 0 bridgehead atoms. The molecule has 2 amide bonds. The largest absolute Gasteiger partial charge is 0.369 e. The maximum absolute atomic E-state index is 12.4. The Kier molecular flexibility index (Phi) is 6.43. The zero-order valence-corrected chi connectivity index (χ0v) is 12.8. The van der Waals surface area contributed by atoms with Gasteiger partial charge in [0.25, 0.3) is 0 Å². The number of amides is 2. The molecule has 0 radical (unpaired) electrons. The molecule has 2 atom stereocenters. The van der Waals surface area contributed by atoms with Crippen LogP contribution < -0.4 is 11.5 Å². The molecule has 6 nitrogen and oxygen atoms in total. The van der Waals surface area contributed by atoms with E-state index in [4.69, 9.17) is 16.7 Å². The van der Waals surface area contributed by atoms with Gasteiger partial charge in [0.15, 0.2) is 0 Å².